The van der Waals surface area contributed by atoms with E-state index in [1.807, 2.05) is 0 Å². The van der Waals surface area contributed by atoms with E-state index in [2.05, 4.69) is 17.3 Å². The van der Waals surface area contributed by atoms with Crippen LogP contribution in [0.5, 0.6) is 0 Å². The number of hydrogen-bond donors (Lipinski definition) is 1. The molecule has 4 heteroatoms. The van der Waals surface area contributed by atoms with Crippen LogP contribution in [0.4, 0.5) is 0 Å². The van der Waals surface area contributed by atoms with E-state index in [0.717, 1.165) is 38.6 Å². The van der Waals surface area contributed by atoms with Gasteiger partial charge in [0, 0.05) is 32.4 Å². The van der Waals surface area contributed by atoms with E-state index in [-0.39, 0.29) is 5.60 Å². The molecule has 3 aliphatic heterocycles. The summed E-state index contributed by atoms with van der Waals surface area (Å²) in [6, 6.07) is 0.705. The second kappa shape index (κ2) is 6.73. The Bertz CT molecular complexity index is 293. The molecule has 0 aromatic heterocycles. The zero-order chi connectivity index (χ0) is 13.8. The lowest BCUT2D eigenvalue weighted by molar-refractivity contribution is -0.150. The fourth-order valence-electron chi connectivity index (χ4n) is 4.09. The van der Waals surface area contributed by atoms with E-state index in [9.17, 15) is 0 Å². The molecule has 3 saturated heterocycles. The summed E-state index contributed by atoms with van der Waals surface area (Å²) < 4.78 is 11.7. The first-order valence-electron chi connectivity index (χ1n) is 8.40. The lowest BCUT2D eigenvalue weighted by atomic mass is 9.83. The minimum absolute atomic E-state index is 0.129. The van der Waals surface area contributed by atoms with Crippen LogP contribution in [0.1, 0.15) is 38.5 Å². The summed E-state index contributed by atoms with van der Waals surface area (Å²) in [5.41, 5.74) is 0.129. The predicted octanol–water partition coefficient (Wildman–Crippen LogP) is 1.65. The molecular weight excluding hydrogens is 252 g/mol. The molecule has 0 radical (unpaired) electrons. The minimum atomic E-state index is 0.129. The van der Waals surface area contributed by atoms with Crippen LogP contribution in [0.2, 0.25) is 0 Å². The molecule has 1 unspecified atom stereocenters. The van der Waals surface area contributed by atoms with Crippen molar-refractivity contribution < 1.29 is 9.47 Å². The molecule has 1 atom stereocenters. The van der Waals surface area contributed by atoms with Crippen LogP contribution in [0.3, 0.4) is 0 Å². The first-order valence-corrected chi connectivity index (χ1v) is 8.40. The molecule has 0 bridgehead atoms. The van der Waals surface area contributed by atoms with E-state index < -0.39 is 0 Å². The molecule has 4 nitrogen and oxygen atoms in total. The lowest BCUT2D eigenvalue weighted by Gasteiger charge is -2.46. The van der Waals surface area contributed by atoms with Gasteiger partial charge in [-0.3, -0.25) is 0 Å². The van der Waals surface area contributed by atoms with Gasteiger partial charge in [0.25, 0.3) is 0 Å². The summed E-state index contributed by atoms with van der Waals surface area (Å²) in [6.07, 6.45) is 7.26. The molecule has 3 heterocycles. The van der Waals surface area contributed by atoms with Crippen LogP contribution in [0.25, 0.3) is 0 Å². The molecule has 0 saturated carbocycles. The molecule has 0 aromatic carbocycles. The van der Waals surface area contributed by atoms with Crippen molar-refractivity contribution in [3.63, 3.8) is 0 Å². The van der Waals surface area contributed by atoms with E-state index in [0.29, 0.717) is 6.04 Å². The van der Waals surface area contributed by atoms with Crippen molar-refractivity contribution in [3.8, 4) is 0 Å². The Balaban J connectivity index is 1.52. The molecule has 20 heavy (non-hydrogen) atoms. The first kappa shape index (κ1) is 14.8. The fourth-order valence-corrected chi connectivity index (χ4v) is 4.09. The fraction of sp³-hybridized carbons (Fsp3) is 1.00. The summed E-state index contributed by atoms with van der Waals surface area (Å²) in [4.78, 5) is 2.62. The van der Waals surface area contributed by atoms with Gasteiger partial charge in [0.2, 0.25) is 0 Å². The Hall–Kier alpha value is -0.160. The van der Waals surface area contributed by atoms with E-state index in [4.69, 9.17) is 9.47 Å². The second-order valence-corrected chi connectivity index (χ2v) is 6.92. The number of nitrogens with one attached hydrogen (secondary N) is 1. The minimum Gasteiger partial charge on any atom is -0.381 e. The topological polar surface area (TPSA) is 33.7 Å². The molecule has 0 aromatic rings. The third kappa shape index (κ3) is 3.53. The van der Waals surface area contributed by atoms with Crippen molar-refractivity contribution in [2.24, 2.45) is 5.92 Å². The molecule has 0 amide bonds. The van der Waals surface area contributed by atoms with Crippen LogP contribution in [0.15, 0.2) is 0 Å². The average molecular weight is 282 g/mol. The highest BCUT2D eigenvalue weighted by Gasteiger charge is 2.40. The predicted molar refractivity (Wildman–Crippen MR) is 80.0 cm³/mol. The molecule has 3 aliphatic rings. The normalized spacial score (nSPS) is 31.8. The van der Waals surface area contributed by atoms with Gasteiger partial charge in [-0.2, -0.15) is 0 Å². The largest absolute Gasteiger partial charge is 0.381 e. The van der Waals surface area contributed by atoms with Gasteiger partial charge < -0.3 is 19.7 Å². The van der Waals surface area contributed by atoms with E-state index >= 15 is 0 Å². The Labute approximate surface area is 123 Å². The molecule has 3 fully saturated rings. The molecule has 116 valence electrons. The summed E-state index contributed by atoms with van der Waals surface area (Å²) in [5.74, 6) is 0.884. The van der Waals surface area contributed by atoms with Crippen LogP contribution >= 0.6 is 0 Å². The van der Waals surface area contributed by atoms with Gasteiger partial charge in [0.05, 0.1) is 5.60 Å². The van der Waals surface area contributed by atoms with Crippen molar-refractivity contribution in [2.45, 2.75) is 50.2 Å². The summed E-state index contributed by atoms with van der Waals surface area (Å²) in [7, 11) is 2.32. The summed E-state index contributed by atoms with van der Waals surface area (Å²) in [5, 5.41) is 3.46. The SMILES string of the molecule is CN(CC1CCNCC1)C1CCOC2(CCOCC2)C1. The van der Waals surface area contributed by atoms with Crippen molar-refractivity contribution in [3.05, 3.63) is 0 Å². The highest BCUT2D eigenvalue weighted by atomic mass is 16.5. The number of piperidine rings is 1. The maximum atomic E-state index is 6.16. The van der Waals surface area contributed by atoms with Crippen molar-refractivity contribution in [1.82, 2.24) is 10.2 Å². The smallest absolute Gasteiger partial charge is 0.0741 e. The Morgan fingerprint density at radius 1 is 1.10 bits per heavy atom. The molecule has 3 rings (SSSR count). The van der Waals surface area contributed by atoms with Crippen LogP contribution < -0.4 is 5.32 Å². The van der Waals surface area contributed by atoms with E-state index in [1.54, 1.807) is 0 Å². The first-order chi connectivity index (χ1) is 9.77. The zero-order valence-corrected chi connectivity index (χ0v) is 12.9. The van der Waals surface area contributed by atoms with Crippen LogP contribution in [0, 0.1) is 5.92 Å². The number of nitrogens with zero attached hydrogens (tertiary/aromatic N) is 1. The molecular formula is C16H30N2O2. The monoisotopic (exact) mass is 282 g/mol. The maximum Gasteiger partial charge on any atom is 0.0741 e. The van der Waals surface area contributed by atoms with Crippen molar-refractivity contribution in [2.75, 3.05) is 46.5 Å². The third-order valence-corrected chi connectivity index (χ3v) is 5.50. The second-order valence-electron chi connectivity index (χ2n) is 6.92. The summed E-state index contributed by atoms with van der Waals surface area (Å²) in [6.45, 7) is 6.36. The molecule has 1 spiro atoms. The quantitative estimate of drug-likeness (QED) is 0.853. The highest BCUT2D eigenvalue weighted by molar-refractivity contribution is 4.92. The number of hydrogen-bond acceptors (Lipinski definition) is 4. The van der Waals surface area contributed by atoms with Crippen molar-refractivity contribution in [1.29, 1.82) is 0 Å². The number of ether oxygens (including phenoxy) is 2. The van der Waals surface area contributed by atoms with Gasteiger partial charge in [-0.25, -0.2) is 0 Å². The molecule has 0 aliphatic carbocycles. The Morgan fingerprint density at radius 2 is 1.85 bits per heavy atom. The van der Waals surface area contributed by atoms with Gasteiger partial charge in [-0.15, -0.1) is 0 Å². The van der Waals surface area contributed by atoms with Gasteiger partial charge in [0.1, 0.15) is 0 Å². The average Bonchev–Trinajstić information content (AvgIpc) is 2.49. The van der Waals surface area contributed by atoms with Gasteiger partial charge in [-0.1, -0.05) is 0 Å². The van der Waals surface area contributed by atoms with Gasteiger partial charge in [0.15, 0.2) is 0 Å². The standard InChI is InChI=1S/C16H30N2O2/c1-18(13-14-2-7-17-8-3-14)15-4-9-20-16(12-15)5-10-19-11-6-16/h14-15,17H,2-13H2,1H3. The van der Waals surface area contributed by atoms with Gasteiger partial charge >= 0.3 is 0 Å². The highest BCUT2D eigenvalue weighted by Crippen LogP contribution is 2.36. The maximum absolute atomic E-state index is 6.16. The number of rotatable bonds is 3. The van der Waals surface area contributed by atoms with Crippen LogP contribution in [-0.4, -0.2) is 63.0 Å². The van der Waals surface area contributed by atoms with Crippen molar-refractivity contribution >= 4 is 0 Å². The third-order valence-electron chi connectivity index (χ3n) is 5.50. The lowest BCUT2D eigenvalue weighted by Crippen LogP contribution is -2.51. The van der Waals surface area contributed by atoms with Crippen LogP contribution in [-0.2, 0) is 9.47 Å². The van der Waals surface area contributed by atoms with Gasteiger partial charge in [-0.05, 0) is 64.6 Å². The van der Waals surface area contributed by atoms with E-state index in [1.165, 1.54) is 45.3 Å². The summed E-state index contributed by atoms with van der Waals surface area (Å²) >= 11 is 0. The Morgan fingerprint density at radius 3 is 2.60 bits per heavy atom. The molecule has 1 N–H and O–H groups in total. The Kier molecular flexibility index (Phi) is 4.97. The zero-order valence-electron chi connectivity index (χ0n) is 12.9.